The lowest BCUT2D eigenvalue weighted by molar-refractivity contribution is 0.0912. The molecule has 0 saturated carbocycles. The lowest BCUT2D eigenvalue weighted by Crippen LogP contribution is -2.46. The molecule has 98 valence electrons. The van der Waals surface area contributed by atoms with Gasteiger partial charge in [-0.05, 0) is 51.1 Å². The molecule has 1 aliphatic rings. The van der Waals surface area contributed by atoms with Crippen molar-refractivity contribution in [2.45, 2.75) is 25.8 Å². The van der Waals surface area contributed by atoms with Crippen LogP contribution in [0.25, 0.3) is 0 Å². The quantitative estimate of drug-likeness (QED) is 0.777. The molecule has 0 aliphatic carbocycles. The number of likely N-dealkylation sites (tertiary alicyclic amines) is 1. The summed E-state index contributed by atoms with van der Waals surface area (Å²) in [6, 6.07) is 5.70. The van der Waals surface area contributed by atoms with Crippen LogP contribution in [0.2, 0.25) is 0 Å². The summed E-state index contributed by atoms with van der Waals surface area (Å²) in [7, 11) is 2.09. The van der Waals surface area contributed by atoms with Crippen LogP contribution in [0.15, 0.2) is 18.2 Å². The Morgan fingerprint density at radius 1 is 1.50 bits per heavy atom. The van der Waals surface area contributed by atoms with Crippen molar-refractivity contribution in [3.8, 4) is 0 Å². The molecule has 0 bridgehead atoms. The first-order chi connectivity index (χ1) is 8.56. The molecule has 0 spiro atoms. The maximum absolute atomic E-state index is 12.2. The summed E-state index contributed by atoms with van der Waals surface area (Å²) >= 11 is 0. The Hall–Kier alpha value is -1.55. The van der Waals surface area contributed by atoms with Crippen LogP contribution in [0.1, 0.15) is 28.8 Å². The lowest BCUT2D eigenvalue weighted by atomic mass is 10.0. The van der Waals surface area contributed by atoms with Gasteiger partial charge in [0.1, 0.15) is 0 Å². The number of nitrogens with zero attached hydrogens (tertiary/aromatic N) is 1. The second kappa shape index (κ2) is 5.40. The standard InChI is InChI=1S/C14H21N3O/c1-10-5-6-11(15)8-13(10)14(18)16-12-4-3-7-17(2)9-12/h5-6,8,12H,3-4,7,9,15H2,1-2H3,(H,16,18). The van der Waals surface area contributed by atoms with Crippen LogP contribution in [0, 0.1) is 6.92 Å². The normalized spacial score (nSPS) is 20.7. The number of likely N-dealkylation sites (N-methyl/N-ethyl adjacent to an activating group) is 1. The Labute approximate surface area is 108 Å². The van der Waals surface area contributed by atoms with Crippen molar-refractivity contribution in [1.82, 2.24) is 10.2 Å². The van der Waals surface area contributed by atoms with E-state index in [9.17, 15) is 4.79 Å². The molecule has 1 aliphatic heterocycles. The summed E-state index contributed by atoms with van der Waals surface area (Å²) < 4.78 is 0. The topological polar surface area (TPSA) is 58.4 Å². The van der Waals surface area contributed by atoms with Crippen molar-refractivity contribution < 1.29 is 4.79 Å². The van der Waals surface area contributed by atoms with Gasteiger partial charge in [-0.3, -0.25) is 4.79 Å². The number of aryl methyl sites for hydroxylation is 1. The fraction of sp³-hybridized carbons (Fsp3) is 0.500. The zero-order valence-electron chi connectivity index (χ0n) is 11.1. The molecule has 1 saturated heterocycles. The molecule has 3 N–H and O–H groups in total. The third-order valence-electron chi connectivity index (χ3n) is 3.47. The molecule has 1 aromatic carbocycles. The van der Waals surface area contributed by atoms with Crippen LogP contribution in [0.5, 0.6) is 0 Å². The largest absolute Gasteiger partial charge is 0.399 e. The molecule has 1 amide bonds. The minimum absolute atomic E-state index is 0.0138. The van der Waals surface area contributed by atoms with Gasteiger partial charge in [0.05, 0.1) is 0 Å². The number of benzene rings is 1. The minimum Gasteiger partial charge on any atom is -0.399 e. The van der Waals surface area contributed by atoms with Crippen molar-refractivity contribution in [2.75, 3.05) is 25.9 Å². The predicted molar refractivity (Wildman–Crippen MR) is 73.6 cm³/mol. The van der Waals surface area contributed by atoms with E-state index in [4.69, 9.17) is 5.73 Å². The highest BCUT2D eigenvalue weighted by atomic mass is 16.1. The number of amides is 1. The summed E-state index contributed by atoms with van der Waals surface area (Å²) in [5.74, 6) is -0.0138. The molecule has 1 aromatic rings. The van der Waals surface area contributed by atoms with E-state index in [-0.39, 0.29) is 11.9 Å². The van der Waals surface area contributed by atoms with E-state index in [0.717, 1.165) is 31.5 Å². The smallest absolute Gasteiger partial charge is 0.251 e. The minimum atomic E-state index is -0.0138. The summed E-state index contributed by atoms with van der Waals surface area (Å²) in [6.45, 7) is 3.97. The summed E-state index contributed by atoms with van der Waals surface area (Å²) in [5.41, 5.74) is 8.01. The Kier molecular flexibility index (Phi) is 3.87. The highest BCUT2D eigenvalue weighted by Gasteiger charge is 2.20. The van der Waals surface area contributed by atoms with Gasteiger partial charge < -0.3 is 16.0 Å². The number of anilines is 1. The summed E-state index contributed by atoms with van der Waals surface area (Å²) in [5, 5.41) is 3.10. The first-order valence-corrected chi connectivity index (χ1v) is 6.42. The predicted octanol–water partition coefficient (Wildman–Crippen LogP) is 1.40. The van der Waals surface area contributed by atoms with Gasteiger partial charge in [0.2, 0.25) is 0 Å². The molecule has 1 unspecified atom stereocenters. The number of carbonyl (C=O) groups excluding carboxylic acids is 1. The van der Waals surface area contributed by atoms with Crippen LogP contribution in [0.3, 0.4) is 0 Å². The highest BCUT2D eigenvalue weighted by Crippen LogP contribution is 2.14. The fourth-order valence-electron chi connectivity index (χ4n) is 2.43. The third-order valence-corrected chi connectivity index (χ3v) is 3.47. The monoisotopic (exact) mass is 247 g/mol. The molecule has 0 aromatic heterocycles. The molecule has 0 radical (unpaired) electrons. The number of nitrogens with two attached hydrogens (primary N) is 1. The second-order valence-corrected chi connectivity index (χ2v) is 5.15. The molecule has 1 heterocycles. The zero-order chi connectivity index (χ0) is 13.1. The molecule has 4 heteroatoms. The molecule has 18 heavy (non-hydrogen) atoms. The van der Waals surface area contributed by atoms with Crippen molar-refractivity contribution in [1.29, 1.82) is 0 Å². The van der Waals surface area contributed by atoms with Gasteiger partial charge in [-0.15, -0.1) is 0 Å². The average Bonchev–Trinajstić information content (AvgIpc) is 2.32. The van der Waals surface area contributed by atoms with Crippen LogP contribution >= 0.6 is 0 Å². The van der Waals surface area contributed by atoms with E-state index in [2.05, 4.69) is 17.3 Å². The number of hydrogen-bond acceptors (Lipinski definition) is 3. The molecule has 1 atom stereocenters. The number of carbonyl (C=O) groups is 1. The van der Waals surface area contributed by atoms with Crippen LogP contribution in [-0.4, -0.2) is 37.0 Å². The van der Waals surface area contributed by atoms with Crippen LogP contribution in [0.4, 0.5) is 5.69 Å². The fourth-order valence-corrected chi connectivity index (χ4v) is 2.43. The maximum atomic E-state index is 12.2. The van der Waals surface area contributed by atoms with E-state index >= 15 is 0 Å². The van der Waals surface area contributed by atoms with E-state index < -0.39 is 0 Å². The number of piperidine rings is 1. The van der Waals surface area contributed by atoms with E-state index in [1.165, 1.54) is 0 Å². The van der Waals surface area contributed by atoms with Gasteiger partial charge in [0, 0.05) is 23.8 Å². The first kappa shape index (κ1) is 12.9. The van der Waals surface area contributed by atoms with Gasteiger partial charge >= 0.3 is 0 Å². The number of hydrogen-bond donors (Lipinski definition) is 2. The van der Waals surface area contributed by atoms with Gasteiger partial charge in [-0.25, -0.2) is 0 Å². The van der Waals surface area contributed by atoms with E-state index in [1.54, 1.807) is 6.07 Å². The third kappa shape index (κ3) is 3.01. The van der Waals surface area contributed by atoms with Crippen molar-refractivity contribution in [3.63, 3.8) is 0 Å². The number of rotatable bonds is 2. The average molecular weight is 247 g/mol. The van der Waals surface area contributed by atoms with Crippen molar-refractivity contribution >= 4 is 11.6 Å². The second-order valence-electron chi connectivity index (χ2n) is 5.15. The SMILES string of the molecule is Cc1ccc(N)cc1C(=O)NC1CCCN(C)C1. The molecule has 4 nitrogen and oxygen atoms in total. The zero-order valence-corrected chi connectivity index (χ0v) is 11.1. The van der Waals surface area contributed by atoms with Gasteiger partial charge in [0.25, 0.3) is 5.91 Å². The Morgan fingerprint density at radius 3 is 3.00 bits per heavy atom. The Bertz CT molecular complexity index is 445. The number of nitrogen functional groups attached to an aromatic ring is 1. The lowest BCUT2D eigenvalue weighted by Gasteiger charge is -2.30. The first-order valence-electron chi connectivity index (χ1n) is 6.42. The molecule has 1 fully saturated rings. The summed E-state index contributed by atoms with van der Waals surface area (Å²) in [6.07, 6.45) is 2.19. The van der Waals surface area contributed by atoms with Crippen LogP contribution < -0.4 is 11.1 Å². The van der Waals surface area contributed by atoms with E-state index in [0.29, 0.717) is 11.3 Å². The number of nitrogens with one attached hydrogen (secondary N) is 1. The summed E-state index contributed by atoms with van der Waals surface area (Å²) in [4.78, 5) is 14.5. The van der Waals surface area contributed by atoms with Crippen molar-refractivity contribution in [3.05, 3.63) is 29.3 Å². The molecular weight excluding hydrogens is 226 g/mol. The van der Waals surface area contributed by atoms with Crippen molar-refractivity contribution in [2.24, 2.45) is 0 Å². The van der Waals surface area contributed by atoms with Gasteiger partial charge in [-0.2, -0.15) is 0 Å². The Morgan fingerprint density at radius 2 is 2.28 bits per heavy atom. The maximum Gasteiger partial charge on any atom is 0.251 e. The molecular formula is C14H21N3O. The molecule has 2 rings (SSSR count). The highest BCUT2D eigenvalue weighted by molar-refractivity contribution is 5.96. The van der Waals surface area contributed by atoms with E-state index in [1.807, 2.05) is 19.1 Å². The van der Waals surface area contributed by atoms with Gasteiger partial charge in [0.15, 0.2) is 0 Å². The van der Waals surface area contributed by atoms with Gasteiger partial charge in [-0.1, -0.05) is 6.07 Å². The Balaban J connectivity index is 2.05. The van der Waals surface area contributed by atoms with Crippen LogP contribution in [-0.2, 0) is 0 Å².